The normalized spacial score (nSPS) is 12.5. The second-order valence-corrected chi connectivity index (χ2v) is 13.5. The molecule has 1 atom stereocenters. The summed E-state index contributed by atoms with van der Waals surface area (Å²) in [6.07, 6.45) is 1.24. The van der Waals surface area contributed by atoms with Gasteiger partial charge in [0, 0.05) is 28.5 Å². The highest BCUT2D eigenvalue weighted by molar-refractivity contribution is 7.92. The van der Waals surface area contributed by atoms with Crippen molar-refractivity contribution in [1.29, 1.82) is 0 Å². The highest BCUT2D eigenvalue weighted by Gasteiger charge is 2.34. The van der Waals surface area contributed by atoms with Gasteiger partial charge < -0.3 is 10.2 Å². The average Bonchev–Trinajstić information content (AvgIpc) is 2.86. The fourth-order valence-corrected chi connectivity index (χ4v) is 5.38. The van der Waals surface area contributed by atoms with Crippen LogP contribution in [0.25, 0.3) is 0 Å². The van der Waals surface area contributed by atoms with Crippen molar-refractivity contribution in [2.75, 3.05) is 17.1 Å². The molecule has 0 heterocycles. The zero-order valence-corrected chi connectivity index (χ0v) is 25.6. The molecule has 2 amide bonds. The maximum atomic E-state index is 14.1. The van der Waals surface area contributed by atoms with E-state index in [0.717, 1.165) is 21.7 Å². The molecule has 0 aliphatic heterocycles. The van der Waals surface area contributed by atoms with Crippen LogP contribution >= 0.6 is 23.2 Å². The zero-order chi connectivity index (χ0) is 29.7. The van der Waals surface area contributed by atoms with Gasteiger partial charge in [-0.05, 0) is 62.6 Å². The lowest BCUT2D eigenvalue weighted by Gasteiger charge is -2.35. The first kappa shape index (κ1) is 31.5. The van der Waals surface area contributed by atoms with E-state index >= 15 is 0 Å². The van der Waals surface area contributed by atoms with E-state index < -0.39 is 34.1 Å². The second kappa shape index (κ2) is 13.1. The molecule has 0 unspecified atom stereocenters. The maximum absolute atomic E-state index is 14.1. The Kier molecular flexibility index (Phi) is 10.3. The van der Waals surface area contributed by atoms with Gasteiger partial charge in [0.25, 0.3) is 0 Å². The summed E-state index contributed by atoms with van der Waals surface area (Å²) in [4.78, 5) is 29.2. The van der Waals surface area contributed by atoms with Crippen molar-refractivity contribution in [3.05, 3.63) is 99.5 Å². The van der Waals surface area contributed by atoms with Gasteiger partial charge in [-0.3, -0.25) is 13.9 Å². The third-order valence-corrected chi connectivity index (χ3v) is 8.11. The summed E-state index contributed by atoms with van der Waals surface area (Å²) in [5, 5.41) is 3.79. The summed E-state index contributed by atoms with van der Waals surface area (Å²) in [6, 6.07) is 20.3. The quantitative estimate of drug-likeness (QED) is 0.326. The Morgan fingerprint density at radius 3 is 2.12 bits per heavy atom. The van der Waals surface area contributed by atoms with Gasteiger partial charge >= 0.3 is 0 Å². The topological polar surface area (TPSA) is 86.8 Å². The van der Waals surface area contributed by atoms with E-state index in [1.54, 1.807) is 43.3 Å². The number of halogens is 2. The lowest BCUT2D eigenvalue weighted by Crippen LogP contribution is -2.56. The summed E-state index contributed by atoms with van der Waals surface area (Å²) in [5.41, 5.74) is 1.93. The Labute approximate surface area is 247 Å². The average molecular weight is 605 g/mol. The monoisotopic (exact) mass is 603 g/mol. The molecular weight excluding hydrogens is 569 g/mol. The molecule has 0 aliphatic rings. The molecule has 0 saturated heterocycles. The van der Waals surface area contributed by atoms with E-state index in [-0.39, 0.29) is 24.6 Å². The Morgan fingerprint density at radius 1 is 0.925 bits per heavy atom. The molecule has 3 aromatic carbocycles. The molecule has 3 aromatic rings. The molecule has 0 spiro atoms. The molecule has 7 nitrogen and oxygen atoms in total. The van der Waals surface area contributed by atoms with Crippen LogP contribution in [0.3, 0.4) is 0 Å². The summed E-state index contributed by atoms with van der Waals surface area (Å²) < 4.78 is 26.8. The fraction of sp³-hybridized carbons (Fsp3) is 0.333. The van der Waals surface area contributed by atoms with E-state index in [4.69, 9.17) is 23.2 Å². The number of sulfonamides is 1. The number of hydrogen-bond donors (Lipinski definition) is 1. The smallest absolute Gasteiger partial charge is 0.244 e. The zero-order valence-electron chi connectivity index (χ0n) is 23.3. The van der Waals surface area contributed by atoms with Crippen LogP contribution < -0.4 is 9.62 Å². The fourth-order valence-electron chi connectivity index (χ4n) is 4.17. The van der Waals surface area contributed by atoms with Crippen LogP contribution in [0.4, 0.5) is 5.69 Å². The minimum absolute atomic E-state index is 0.000173. The first-order valence-corrected chi connectivity index (χ1v) is 15.4. The van der Waals surface area contributed by atoms with Crippen LogP contribution in [-0.4, -0.2) is 49.5 Å². The number of carbonyl (C=O) groups excluding carboxylic acids is 2. The standard InChI is InChI=1S/C30H35Cl2N3O4S/c1-21-15-16-24(18-26(21)32)35(40(5,38)39)20-28(36)34(19-23-13-9-10-14-25(23)31)27(29(37)33-30(2,3)4)17-22-11-7-6-8-12-22/h6-16,18,27H,17,19-20H2,1-5H3,(H,33,37)/t27-/m0/s1. The molecule has 1 N–H and O–H groups in total. The van der Waals surface area contributed by atoms with Crippen molar-refractivity contribution >= 4 is 50.7 Å². The predicted molar refractivity (Wildman–Crippen MR) is 162 cm³/mol. The number of nitrogens with zero attached hydrogens (tertiary/aromatic N) is 2. The minimum atomic E-state index is -3.89. The lowest BCUT2D eigenvalue weighted by molar-refractivity contribution is -0.140. The van der Waals surface area contributed by atoms with Crippen molar-refractivity contribution in [3.63, 3.8) is 0 Å². The van der Waals surface area contributed by atoms with Crippen LogP contribution in [-0.2, 0) is 32.6 Å². The molecule has 3 rings (SSSR count). The van der Waals surface area contributed by atoms with Crippen LogP contribution in [0, 0.1) is 6.92 Å². The minimum Gasteiger partial charge on any atom is -0.350 e. The molecule has 40 heavy (non-hydrogen) atoms. The van der Waals surface area contributed by atoms with Gasteiger partial charge in [0.2, 0.25) is 21.8 Å². The van der Waals surface area contributed by atoms with E-state index in [0.29, 0.717) is 15.6 Å². The van der Waals surface area contributed by atoms with E-state index in [1.807, 2.05) is 51.1 Å². The molecule has 214 valence electrons. The molecule has 0 aromatic heterocycles. The number of aryl methyl sites for hydroxylation is 1. The van der Waals surface area contributed by atoms with Crippen LogP contribution in [0.15, 0.2) is 72.8 Å². The number of rotatable bonds is 10. The number of carbonyl (C=O) groups is 2. The maximum Gasteiger partial charge on any atom is 0.244 e. The highest BCUT2D eigenvalue weighted by atomic mass is 35.5. The summed E-state index contributed by atoms with van der Waals surface area (Å²) in [5.74, 6) is -0.923. The van der Waals surface area contributed by atoms with Gasteiger partial charge in [-0.1, -0.05) is 77.8 Å². The highest BCUT2D eigenvalue weighted by Crippen LogP contribution is 2.26. The number of hydrogen-bond acceptors (Lipinski definition) is 4. The summed E-state index contributed by atoms with van der Waals surface area (Å²) >= 11 is 12.8. The van der Waals surface area contributed by atoms with Gasteiger partial charge in [-0.25, -0.2) is 8.42 Å². The van der Waals surface area contributed by atoms with E-state index in [9.17, 15) is 18.0 Å². The molecule has 0 fully saturated rings. The van der Waals surface area contributed by atoms with E-state index in [1.165, 1.54) is 11.0 Å². The third-order valence-electron chi connectivity index (χ3n) is 6.19. The molecular formula is C30H35Cl2N3O4S. The molecule has 0 saturated carbocycles. The van der Waals surface area contributed by atoms with Gasteiger partial charge in [0.15, 0.2) is 0 Å². The summed E-state index contributed by atoms with van der Waals surface area (Å²) in [7, 11) is -3.89. The summed E-state index contributed by atoms with van der Waals surface area (Å²) in [6.45, 7) is 6.84. The first-order valence-electron chi connectivity index (χ1n) is 12.8. The molecule has 0 aliphatic carbocycles. The van der Waals surface area contributed by atoms with Gasteiger partial charge in [-0.15, -0.1) is 0 Å². The second-order valence-electron chi connectivity index (χ2n) is 10.8. The predicted octanol–water partition coefficient (Wildman–Crippen LogP) is 5.62. The Hall–Kier alpha value is -3.07. The van der Waals surface area contributed by atoms with Crippen LogP contribution in [0.2, 0.25) is 10.0 Å². The number of benzene rings is 3. The molecule has 0 radical (unpaired) electrons. The van der Waals surface area contributed by atoms with Crippen LogP contribution in [0.5, 0.6) is 0 Å². The Bertz CT molecular complexity index is 1460. The largest absolute Gasteiger partial charge is 0.350 e. The number of nitrogens with one attached hydrogen (secondary N) is 1. The Balaban J connectivity index is 2.10. The number of anilines is 1. The van der Waals surface area contributed by atoms with E-state index in [2.05, 4.69) is 5.32 Å². The van der Waals surface area contributed by atoms with Gasteiger partial charge in [-0.2, -0.15) is 0 Å². The van der Waals surface area contributed by atoms with Crippen LogP contribution in [0.1, 0.15) is 37.5 Å². The van der Waals surface area contributed by atoms with Crippen molar-refractivity contribution in [1.82, 2.24) is 10.2 Å². The lowest BCUT2D eigenvalue weighted by atomic mass is 10.0. The van der Waals surface area contributed by atoms with Crippen molar-refractivity contribution in [3.8, 4) is 0 Å². The number of amides is 2. The van der Waals surface area contributed by atoms with Crippen molar-refractivity contribution < 1.29 is 18.0 Å². The Morgan fingerprint density at radius 2 is 1.55 bits per heavy atom. The third kappa shape index (κ3) is 8.71. The van der Waals surface area contributed by atoms with Gasteiger partial charge in [0.05, 0.1) is 11.9 Å². The van der Waals surface area contributed by atoms with Crippen molar-refractivity contribution in [2.45, 2.75) is 52.2 Å². The molecule has 10 heteroatoms. The molecule has 0 bridgehead atoms. The van der Waals surface area contributed by atoms with Gasteiger partial charge in [0.1, 0.15) is 12.6 Å². The first-order chi connectivity index (χ1) is 18.7. The van der Waals surface area contributed by atoms with Crippen molar-refractivity contribution in [2.24, 2.45) is 0 Å². The SMILES string of the molecule is Cc1ccc(N(CC(=O)N(Cc2ccccc2Cl)[C@@H](Cc2ccccc2)C(=O)NC(C)(C)C)S(C)(=O)=O)cc1Cl.